The molecule has 2 heterocycles. The molecule has 0 aliphatic carbocycles. The van der Waals surface area contributed by atoms with Crippen LogP contribution >= 0.6 is 0 Å². The minimum Gasteiger partial charge on any atom is -0.439 e. The van der Waals surface area contributed by atoms with Gasteiger partial charge in [0, 0.05) is 19.2 Å². The van der Waals surface area contributed by atoms with Crippen molar-refractivity contribution in [1.29, 1.82) is 0 Å². The maximum absolute atomic E-state index is 8.32. The summed E-state index contributed by atoms with van der Waals surface area (Å²) in [4.78, 5) is 2.10. The Hall–Kier alpha value is -1.49. The predicted molar refractivity (Wildman–Crippen MR) is 51.1 cm³/mol. The third-order valence-corrected chi connectivity index (χ3v) is 2.12. The molecule has 76 valence electrons. The second-order valence-electron chi connectivity index (χ2n) is 3.02. The topological polar surface area (TPSA) is 58.2 Å². The van der Waals surface area contributed by atoms with Crippen LogP contribution in [0.4, 0.5) is 5.88 Å². The van der Waals surface area contributed by atoms with Crippen molar-refractivity contribution in [2.24, 2.45) is 5.16 Å². The van der Waals surface area contributed by atoms with E-state index >= 15 is 0 Å². The Labute approximate surface area is 81.6 Å². The number of ether oxygens (including phenoxy) is 1. The highest BCUT2D eigenvalue weighted by Crippen LogP contribution is 2.18. The van der Waals surface area contributed by atoms with Crippen molar-refractivity contribution < 1.29 is 14.4 Å². The maximum atomic E-state index is 8.32. The van der Waals surface area contributed by atoms with Gasteiger partial charge in [-0.25, -0.2) is 0 Å². The second kappa shape index (κ2) is 4.15. The molecule has 5 heteroatoms. The number of nitrogens with zero attached hydrogens (tertiary/aromatic N) is 2. The number of furan rings is 1. The highest BCUT2D eigenvalue weighted by atomic mass is 16.5. The van der Waals surface area contributed by atoms with Gasteiger partial charge < -0.3 is 19.3 Å². The van der Waals surface area contributed by atoms with E-state index in [-0.39, 0.29) is 0 Å². The molecule has 0 unspecified atom stereocenters. The van der Waals surface area contributed by atoms with Gasteiger partial charge >= 0.3 is 0 Å². The molecule has 0 radical (unpaired) electrons. The molecule has 1 aromatic heterocycles. The van der Waals surface area contributed by atoms with Crippen LogP contribution in [-0.2, 0) is 4.74 Å². The summed E-state index contributed by atoms with van der Waals surface area (Å²) in [5.41, 5.74) is 0. The third kappa shape index (κ3) is 1.88. The smallest absolute Gasteiger partial charge is 0.196 e. The highest BCUT2D eigenvalue weighted by molar-refractivity contribution is 5.76. The minimum absolute atomic E-state index is 0.550. The van der Waals surface area contributed by atoms with Crippen LogP contribution in [0.1, 0.15) is 5.76 Å². The lowest BCUT2D eigenvalue weighted by atomic mass is 10.4. The van der Waals surface area contributed by atoms with Crippen LogP contribution in [0.2, 0.25) is 0 Å². The molecule has 0 aromatic carbocycles. The first-order chi connectivity index (χ1) is 6.90. The number of anilines is 1. The summed E-state index contributed by atoms with van der Waals surface area (Å²) < 4.78 is 10.7. The average Bonchev–Trinajstić information content (AvgIpc) is 2.68. The summed E-state index contributed by atoms with van der Waals surface area (Å²) in [7, 11) is 0. The Morgan fingerprint density at radius 1 is 1.36 bits per heavy atom. The van der Waals surface area contributed by atoms with Crippen LogP contribution in [0.25, 0.3) is 0 Å². The summed E-state index contributed by atoms with van der Waals surface area (Å²) in [5.74, 6) is 1.34. The van der Waals surface area contributed by atoms with Crippen molar-refractivity contribution in [3.8, 4) is 0 Å². The molecule has 1 saturated heterocycles. The lowest BCUT2D eigenvalue weighted by molar-refractivity contribution is 0.120. The standard InChI is InChI=1S/C9H12N2O3/c12-10-7-8-1-2-9(14-8)11-3-5-13-6-4-11/h1-2,7,12H,3-6H2. The molecule has 1 N–H and O–H groups in total. The van der Waals surface area contributed by atoms with Gasteiger partial charge in [0.2, 0.25) is 0 Å². The van der Waals surface area contributed by atoms with Gasteiger partial charge in [-0.2, -0.15) is 0 Å². The largest absolute Gasteiger partial charge is 0.439 e. The molecule has 0 saturated carbocycles. The van der Waals surface area contributed by atoms with E-state index in [0.717, 1.165) is 32.2 Å². The normalized spacial score (nSPS) is 17.9. The van der Waals surface area contributed by atoms with E-state index in [4.69, 9.17) is 14.4 Å². The van der Waals surface area contributed by atoms with E-state index in [1.807, 2.05) is 6.07 Å². The third-order valence-electron chi connectivity index (χ3n) is 2.12. The first kappa shape index (κ1) is 9.08. The number of rotatable bonds is 2. The second-order valence-corrected chi connectivity index (χ2v) is 3.02. The Morgan fingerprint density at radius 3 is 2.86 bits per heavy atom. The van der Waals surface area contributed by atoms with Gasteiger partial charge in [0.05, 0.1) is 13.2 Å². The fraction of sp³-hybridized carbons (Fsp3) is 0.444. The van der Waals surface area contributed by atoms with Crippen molar-refractivity contribution >= 4 is 12.1 Å². The van der Waals surface area contributed by atoms with E-state index in [0.29, 0.717) is 5.76 Å². The predicted octanol–water partition coefficient (Wildman–Crippen LogP) is 0.924. The van der Waals surface area contributed by atoms with E-state index in [2.05, 4.69) is 10.1 Å². The van der Waals surface area contributed by atoms with Gasteiger partial charge in [-0.15, -0.1) is 0 Å². The lowest BCUT2D eigenvalue weighted by Crippen LogP contribution is -2.35. The minimum atomic E-state index is 0.550. The summed E-state index contributed by atoms with van der Waals surface area (Å²) in [5, 5.41) is 11.2. The van der Waals surface area contributed by atoms with Gasteiger partial charge in [-0.05, 0) is 6.07 Å². The van der Waals surface area contributed by atoms with Crippen LogP contribution in [0.3, 0.4) is 0 Å². The molecular formula is C9H12N2O3. The summed E-state index contributed by atoms with van der Waals surface area (Å²) in [6.45, 7) is 3.13. The Bertz CT molecular complexity index is 316. The zero-order valence-corrected chi connectivity index (χ0v) is 7.72. The molecule has 0 spiro atoms. The number of morpholine rings is 1. The van der Waals surface area contributed by atoms with Crippen molar-refractivity contribution in [2.45, 2.75) is 0 Å². The zero-order valence-electron chi connectivity index (χ0n) is 7.72. The SMILES string of the molecule is ON=Cc1ccc(N2CCOCC2)o1. The summed E-state index contributed by atoms with van der Waals surface area (Å²) in [6.07, 6.45) is 1.27. The van der Waals surface area contributed by atoms with Crippen LogP contribution < -0.4 is 4.90 Å². The molecule has 0 bridgehead atoms. The van der Waals surface area contributed by atoms with Gasteiger partial charge in [0.15, 0.2) is 11.6 Å². The van der Waals surface area contributed by atoms with Crippen LogP contribution in [0.5, 0.6) is 0 Å². The molecule has 5 nitrogen and oxygen atoms in total. The number of hydrogen-bond donors (Lipinski definition) is 1. The first-order valence-corrected chi connectivity index (χ1v) is 4.50. The van der Waals surface area contributed by atoms with Crippen LogP contribution in [-0.4, -0.2) is 37.7 Å². The fourth-order valence-corrected chi connectivity index (χ4v) is 1.42. The molecule has 1 aliphatic heterocycles. The van der Waals surface area contributed by atoms with Gasteiger partial charge in [-0.1, -0.05) is 5.16 Å². The molecule has 0 atom stereocenters. The molecule has 2 rings (SSSR count). The summed E-state index contributed by atoms with van der Waals surface area (Å²) in [6, 6.07) is 3.63. The van der Waals surface area contributed by atoms with Crippen molar-refractivity contribution in [3.05, 3.63) is 17.9 Å². The quantitative estimate of drug-likeness (QED) is 0.434. The Balaban J connectivity index is 2.07. The lowest BCUT2D eigenvalue weighted by Gasteiger charge is -2.26. The van der Waals surface area contributed by atoms with E-state index in [1.54, 1.807) is 6.07 Å². The van der Waals surface area contributed by atoms with Crippen LogP contribution in [0, 0.1) is 0 Å². The van der Waals surface area contributed by atoms with Crippen LogP contribution in [0.15, 0.2) is 21.7 Å². The fourth-order valence-electron chi connectivity index (χ4n) is 1.42. The molecular weight excluding hydrogens is 184 g/mol. The number of oxime groups is 1. The Kier molecular flexibility index (Phi) is 2.69. The average molecular weight is 196 g/mol. The van der Waals surface area contributed by atoms with E-state index in [9.17, 15) is 0 Å². The van der Waals surface area contributed by atoms with Gasteiger partial charge in [0.1, 0.15) is 6.21 Å². The molecule has 1 aromatic rings. The first-order valence-electron chi connectivity index (χ1n) is 4.50. The highest BCUT2D eigenvalue weighted by Gasteiger charge is 2.13. The molecule has 1 aliphatic rings. The zero-order chi connectivity index (χ0) is 9.80. The van der Waals surface area contributed by atoms with Crippen molar-refractivity contribution in [3.63, 3.8) is 0 Å². The monoisotopic (exact) mass is 196 g/mol. The molecule has 1 fully saturated rings. The molecule has 0 amide bonds. The van der Waals surface area contributed by atoms with Gasteiger partial charge in [-0.3, -0.25) is 0 Å². The Morgan fingerprint density at radius 2 is 2.14 bits per heavy atom. The van der Waals surface area contributed by atoms with Crippen molar-refractivity contribution in [2.75, 3.05) is 31.2 Å². The molecule has 14 heavy (non-hydrogen) atoms. The van der Waals surface area contributed by atoms with Crippen molar-refractivity contribution in [1.82, 2.24) is 0 Å². The van der Waals surface area contributed by atoms with Gasteiger partial charge in [0.25, 0.3) is 0 Å². The van der Waals surface area contributed by atoms with E-state index in [1.165, 1.54) is 6.21 Å². The number of hydrogen-bond acceptors (Lipinski definition) is 5. The maximum Gasteiger partial charge on any atom is 0.196 e. The van der Waals surface area contributed by atoms with E-state index < -0.39 is 0 Å². The summed E-state index contributed by atoms with van der Waals surface area (Å²) >= 11 is 0.